The minimum atomic E-state index is -0.989. The highest BCUT2D eigenvalue weighted by molar-refractivity contribution is 9.10. The fourth-order valence-corrected chi connectivity index (χ4v) is 2.05. The Morgan fingerprint density at radius 1 is 1.42 bits per heavy atom. The Balaban J connectivity index is 2.96. The van der Waals surface area contributed by atoms with Crippen LogP contribution in [0.3, 0.4) is 0 Å². The molecule has 0 aliphatic heterocycles. The molecule has 0 aromatic heterocycles. The van der Waals surface area contributed by atoms with E-state index in [4.69, 9.17) is 10.5 Å². The lowest BCUT2D eigenvalue weighted by Gasteiger charge is -2.27. The SMILES string of the molecule is COc1ccc(Br)cc1C(C)(C)CNC(=O)C(N)=O. The van der Waals surface area contributed by atoms with E-state index in [1.54, 1.807) is 7.11 Å². The first-order valence-corrected chi connectivity index (χ1v) is 6.49. The summed E-state index contributed by atoms with van der Waals surface area (Å²) in [6.45, 7) is 4.17. The second-order valence-corrected chi connectivity index (χ2v) is 5.69. The maximum absolute atomic E-state index is 11.2. The lowest BCUT2D eigenvalue weighted by Crippen LogP contribution is -2.42. The number of hydrogen-bond acceptors (Lipinski definition) is 3. The lowest BCUT2D eigenvalue weighted by atomic mass is 9.84. The van der Waals surface area contributed by atoms with Crippen LogP contribution in [-0.2, 0) is 15.0 Å². The third-order valence-electron chi connectivity index (χ3n) is 2.81. The molecule has 0 spiro atoms. The zero-order valence-electron chi connectivity index (χ0n) is 11.1. The largest absolute Gasteiger partial charge is 0.496 e. The van der Waals surface area contributed by atoms with E-state index in [0.29, 0.717) is 0 Å². The summed E-state index contributed by atoms with van der Waals surface area (Å²) in [4.78, 5) is 21.9. The van der Waals surface area contributed by atoms with Crippen LogP contribution in [0.25, 0.3) is 0 Å². The van der Waals surface area contributed by atoms with Gasteiger partial charge in [-0.15, -0.1) is 0 Å². The van der Waals surface area contributed by atoms with Gasteiger partial charge in [0, 0.05) is 22.0 Å². The van der Waals surface area contributed by atoms with Gasteiger partial charge in [-0.2, -0.15) is 0 Å². The number of carbonyl (C=O) groups excluding carboxylic acids is 2. The number of methoxy groups -OCH3 is 1. The normalized spacial score (nSPS) is 10.9. The number of nitrogens with two attached hydrogens (primary N) is 1. The second-order valence-electron chi connectivity index (χ2n) is 4.78. The van der Waals surface area contributed by atoms with Crippen molar-refractivity contribution in [1.29, 1.82) is 0 Å². The van der Waals surface area contributed by atoms with Gasteiger partial charge in [0.15, 0.2) is 0 Å². The third kappa shape index (κ3) is 3.96. The number of primary amides is 1. The molecule has 0 saturated heterocycles. The number of rotatable bonds is 4. The summed E-state index contributed by atoms with van der Waals surface area (Å²) in [6.07, 6.45) is 0. The number of carbonyl (C=O) groups is 2. The zero-order chi connectivity index (χ0) is 14.6. The van der Waals surface area contributed by atoms with Gasteiger partial charge >= 0.3 is 11.8 Å². The predicted octanol–water partition coefficient (Wildman–Crippen LogP) is 1.34. The Morgan fingerprint density at radius 2 is 2.05 bits per heavy atom. The third-order valence-corrected chi connectivity index (χ3v) is 3.30. The summed E-state index contributed by atoms with van der Waals surface area (Å²) in [7, 11) is 1.59. The van der Waals surface area contributed by atoms with Crippen LogP contribution < -0.4 is 15.8 Å². The van der Waals surface area contributed by atoms with Crippen LogP contribution in [0.4, 0.5) is 0 Å². The molecule has 5 nitrogen and oxygen atoms in total. The molecule has 6 heteroatoms. The summed E-state index contributed by atoms with van der Waals surface area (Å²) in [6, 6.07) is 5.65. The van der Waals surface area contributed by atoms with Crippen LogP contribution in [-0.4, -0.2) is 25.5 Å². The highest BCUT2D eigenvalue weighted by Gasteiger charge is 2.26. The molecule has 1 rings (SSSR count). The van der Waals surface area contributed by atoms with Crippen molar-refractivity contribution in [3.8, 4) is 5.75 Å². The van der Waals surface area contributed by atoms with Gasteiger partial charge in [0.2, 0.25) is 0 Å². The molecule has 0 aliphatic rings. The van der Waals surface area contributed by atoms with Crippen LogP contribution in [0.15, 0.2) is 22.7 Å². The average molecular weight is 329 g/mol. The van der Waals surface area contributed by atoms with Crippen LogP contribution >= 0.6 is 15.9 Å². The van der Waals surface area contributed by atoms with E-state index in [-0.39, 0.29) is 6.54 Å². The molecule has 1 aromatic carbocycles. The molecule has 0 heterocycles. The maximum atomic E-state index is 11.2. The zero-order valence-corrected chi connectivity index (χ0v) is 12.7. The Labute approximate surface area is 120 Å². The van der Waals surface area contributed by atoms with Gasteiger partial charge in [0.1, 0.15) is 5.75 Å². The number of ether oxygens (including phenoxy) is 1. The van der Waals surface area contributed by atoms with Gasteiger partial charge in [-0.25, -0.2) is 0 Å². The van der Waals surface area contributed by atoms with Crippen molar-refractivity contribution in [3.63, 3.8) is 0 Å². The molecule has 0 fully saturated rings. The predicted molar refractivity (Wildman–Crippen MR) is 75.9 cm³/mol. The lowest BCUT2D eigenvalue weighted by molar-refractivity contribution is -0.137. The fraction of sp³-hybridized carbons (Fsp3) is 0.385. The van der Waals surface area contributed by atoms with E-state index in [1.807, 2.05) is 32.0 Å². The number of amides is 2. The Morgan fingerprint density at radius 3 is 2.58 bits per heavy atom. The molecule has 3 N–H and O–H groups in total. The molecular weight excluding hydrogens is 312 g/mol. The van der Waals surface area contributed by atoms with Gasteiger partial charge in [-0.1, -0.05) is 29.8 Å². The number of hydrogen-bond donors (Lipinski definition) is 2. The summed E-state index contributed by atoms with van der Waals surface area (Å²) in [5.74, 6) is -1.06. The smallest absolute Gasteiger partial charge is 0.309 e. The van der Waals surface area contributed by atoms with E-state index in [1.165, 1.54) is 0 Å². The first-order chi connectivity index (χ1) is 8.77. The van der Waals surface area contributed by atoms with E-state index in [9.17, 15) is 9.59 Å². The molecule has 2 amide bonds. The van der Waals surface area contributed by atoms with E-state index in [0.717, 1.165) is 15.8 Å². The van der Waals surface area contributed by atoms with Crippen LogP contribution in [0, 0.1) is 0 Å². The van der Waals surface area contributed by atoms with Crippen LogP contribution in [0.5, 0.6) is 5.75 Å². The first kappa shape index (κ1) is 15.5. The van der Waals surface area contributed by atoms with Crippen molar-refractivity contribution in [3.05, 3.63) is 28.2 Å². The summed E-state index contributed by atoms with van der Waals surface area (Å²) in [5, 5.41) is 2.51. The monoisotopic (exact) mass is 328 g/mol. The molecule has 0 bridgehead atoms. The molecule has 1 aromatic rings. The van der Waals surface area contributed by atoms with Crippen molar-refractivity contribution >= 4 is 27.7 Å². The first-order valence-electron chi connectivity index (χ1n) is 5.69. The van der Waals surface area contributed by atoms with Gasteiger partial charge in [0.25, 0.3) is 0 Å². The van der Waals surface area contributed by atoms with Gasteiger partial charge in [-0.3, -0.25) is 9.59 Å². The number of nitrogens with one attached hydrogen (secondary N) is 1. The highest BCUT2D eigenvalue weighted by Crippen LogP contribution is 2.33. The molecule has 0 unspecified atom stereocenters. The van der Waals surface area contributed by atoms with Gasteiger partial charge in [0.05, 0.1) is 7.11 Å². The minimum absolute atomic E-state index is 0.279. The van der Waals surface area contributed by atoms with Crippen molar-refractivity contribution in [2.45, 2.75) is 19.3 Å². The van der Waals surface area contributed by atoms with Crippen LogP contribution in [0.1, 0.15) is 19.4 Å². The molecule has 0 saturated carbocycles. The average Bonchev–Trinajstić information content (AvgIpc) is 2.35. The Hall–Kier alpha value is -1.56. The van der Waals surface area contributed by atoms with Crippen molar-refractivity contribution < 1.29 is 14.3 Å². The molecule has 0 atom stereocenters. The standard InChI is InChI=1S/C13H17BrN2O3/c1-13(2,7-16-12(18)11(15)17)9-6-8(14)4-5-10(9)19-3/h4-6H,7H2,1-3H3,(H2,15,17)(H,16,18). The summed E-state index contributed by atoms with van der Waals surface area (Å²) >= 11 is 3.40. The van der Waals surface area contributed by atoms with Crippen molar-refractivity contribution in [2.24, 2.45) is 5.73 Å². The highest BCUT2D eigenvalue weighted by atomic mass is 79.9. The Kier molecular flexibility index (Phi) is 4.94. The van der Waals surface area contributed by atoms with E-state index in [2.05, 4.69) is 21.2 Å². The number of benzene rings is 1. The molecule has 104 valence electrons. The second kappa shape index (κ2) is 6.06. The molecule has 0 aliphatic carbocycles. The molecule has 19 heavy (non-hydrogen) atoms. The van der Waals surface area contributed by atoms with E-state index < -0.39 is 17.2 Å². The summed E-state index contributed by atoms with van der Waals surface area (Å²) in [5.41, 5.74) is 5.42. The van der Waals surface area contributed by atoms with Gasteiger partial charge < -0.3 is 15.8 Å². The van der Waals surface area contributed by atoms with Gasteiger partial charge in [-0.05, 0) is 18.2 Å². The molecule has 0 radical (unpaired) electrons. The maximum Gasteiger partial charge on any atom is 0.309 e. The van der Waals surface area contributed by atoms with E-state index >= 15 is 0 Å². The van der Waals surface area contributed by atoms with Crippen LogP contribution in [0.2, 0.25) is 0 Å². The minimum Gasteiger partial charge on any atom is -0.496 e. The quantitative estimate of drug-likeness (QED) is 0.818. The van der Waals surface area contributed by atoms with Crippen molar-refractivity contribution in [1.82, 2.24) is 5.32 Å². The number of halogens is 1. The summed E-state index contributed by atoms with van der Waals surface area (Å²) < 4.78 is 6.23. The fourth-order valence-electron chi connectivity index (χ4n) is 1.69. The topological polar surface area (TPSA) is 81.4 Å². The molecular formula is C13H17BrN2O3. The van der Waals surface area contributed by atoms with Crippen molar-refractivity contribution in [2.75, 3.05) is 13.7 Å². The Bertz CT molecular complexity index is 501.